The van der Waals surface area contributed by atoms with Crippen LogP contribution in [0.15, 0.2) is 10.9 Å². The second-order valence-corrected chi connectivity index (χ2v) is 6.91. The van der Waals surface area contributed by atoms with Gasteiger partial charge in [-0.15, -0.1) is 0 Å². The molecule has 6 nitrogen and oxygen atoms in total. The van der Waals surface area contributed by atoms with Crippen LogP contribution in [-0.2, 0) is 7.05 Å². The number of fused-ring (bicyclic) bond motifs is 1. The van der Waals surface area contributed by atoms with Gasteiger partial charge < -0.3 is 5.32 Å². The normalized spacial score (nSPS) is 15.8. The maximum absolute atomic E-state index is 12.5. The zero-order valence-corrected chi connectivity index (χ0v) is 14.5. The molecule has 0 radical (unpaired) electrons. The van der Waals surface area contributed by atoms with Crippen LogP contribution >= 0.6 is 0 Å². The van der Waals surface area contributed by atoms with E-state index < -0.39 is 0 Å². The molecule has 2 aromatic heterocycles. The fourth-order valence-corrected chi connectivity index (χ4v) is 3.73. The molecular formula is C18H26N4O2. The Kier molecular flexibility index (Phi) is 5.02. The molecule has 1 aliphatic rings. The van der Waals surface area contributed by atoms with Crippen molar-refractivity contribution in [3.05, 3.63) is 27.7 Å². The average Bonchev–Trinajstić information content (AvgIpc) is 2.86. The van der Waals surface area contributed by atoms with Gasteiger partial charge in [0.05, 0.1) is 10.9 Å². The number of rotatable bonds is 5. The van der Waals surface area contributed by atoms with Crippen molar-refractivity contribution in [3.63, 3.8) is 0 Å². The number of carbonyl (C=O) groups excluding carboxylic acids is 1. The van der Waals surface area contributed by atoms with Crippen molar-refractivity contribution in [2.75, 3.05) is 6.54 Å². The molecule has 0 aromatic carbocycles. The highest BCUT2D eigenvalue weighted by molar-refractivity contribution is 6.05. The maximum Gasteiger partial charge on any atom is 0.274 e. The number of aromatic amines is 1. The summed E-state index contributed by atoms with van der Waals surface area (Å²) in [5.41, 5.74) is 1.39. The Hall–Kier alpha value is -2.11. The van der Waals surface area contributed by atoms with E-state index in [0.717, 1.165) is 18.0 Å². The summed E-state index contributed by atoms with van der Waals surface area (Å²) in [6.45, 7) is 2.49. The molecule has 2 N–H and O–H groups in total. The van der Waals surface area contributed by atoms with Crippen molar-refractivity contribution >= 4 is 16.9 Å². The number of aryl methyl sites for hydroxylation is 2. The van der Waals surface area contributed by atoms with E-state index >= 15 is 0 Å². The van der Waals surface area contributed by atoms with Crippen LogP contribution in [0, 0.1) is 12.8 Å². The Labute approximate surface area is 141 Å². The van der Waals surface area contributed by atoms with Gasteiger partial charge in [-0.2, -0.15) is 0 Å². The number of H-pyrrole nitrogens is 1. The molecule has 0 saturated heterocycles. The Bertz CT molecular complexity index is 784. The molecular weight excluding hydrogens is 304 g/mol. The topological polar surface area (TPSA) is 79.8 Å². The lowest BCUT2D eigenvalue weighted by molar-refractivity contribution is 0.0953. The van der Waals surface area contributed by atoms with E-state index in [1.165, 1.54) is 38.5 Å². The number of amides is 1. The first-order valence-electron chi connectivity index (χ1n) is 8.91. The molecule has 2 heterocycles. The summed E-state index contributed by atoms with van der Waals surface area (Å²) in [5.74, 6) is 0.633. The van der Waals surface area contributed by atoms with Gasteiger partial charge in [-0.3, -0.25) is 19.4 Å². The molecule has 0 spiro atoms. The van der Waals surface area contributed by atoms with E-state index in [2.05, 4.69) is 15.4 Å². The summed E-state index contributed by atoms with van der Waals surface area (Å²) in [7, 11) is 1.72. The Morgan fingerprint density at radius 2 is 2.12 bits per heavy atom. The quantitative estimate of drug-likeness (QED) is 0.827. The van der Waals surface area contributed by atoms with Crippen molar-refractivity contribution in [1.29, 1.82) is 0 Å². The van der Waals surface area contributed by atoms with Crippen molar-refractivity contribution < 1.29 is 4.79 Å². The molecule has 3 rings (SSSR count). The van der Waals surface area contributed by atoms with Crippen LogP contribution in [0.5, 0.6) is 0 Å². The molecule has 1 saturated carbocycles. The van der Waals surface area contributed by atoms with E-state index in [1.807, 2.05) is 6.92 Å². The van der Waals surface area contributed by atoms with Gasteiger partial charge in [0.15, 0.2) is 5.65 Å². The van der Waals surface area contributed by atoms with Crippen LogP contribution in [0.2, 0.25) is 0 Å². The fourth-order valence-electron chi connectivity index (χ4n) is 3.73. The number of aromatic nitrogens is 3. The Morgan fingerprint density at radius 3 is 2.88 bits per heavy atom. The molecule has 130 valence electrons. The predicted molar refractivity (Wildman–Crippen MR) is 94.2 cm³/mol. The lowest BCUT2D eigenvalue weighted by Crippen LogP contribution is -2.26. The second-order valence-electron chi connectivity index (χ2n) is 6.91. The zero-order chi connectivity index (χ0) is 17.1. The largest absolute Gasteiger partial charge is 0.352 e. The average molecular weight is 330 g/mol. The van der Waals surface area contributed by atoms with E-state index in [9.17, 15) is 9.59 Å². The van der Waals surface area contributed by atoms with Crippen LogP contribution in [0.4, 0.5) is 0 Å². The Morgan fingerprint density at radius 1 is 1.38 bits per heavy atom. The predicted octanol–water partition coefficient (Wildman–Crippen LogP) is 2.66. The number of nitrogens with one attached hydrogen (secondary N) is 2. The van der Waals surface area contributed by atoms with Gasteiger partial charge in [-0.25, -0.2) is 4.98 Å². The smallest absolute Gasteiger partial charge is 0.274 e. The van der Waals surface area contributed by atoms with Crippen LogP contribution in [-0.4, -0.2) is 27.2 Å². The van der Waals surface area contributed by atoms with E-state index in [1.54, 1.807) is 17.8 Å². The third-order valence-electron chi connectivity index (χ3n) is 4.99. The van der Waals surface area contributed by atoms with Gasteiger partial charge in [0, 0.05) is 19.3 Å². The number of hydrogen-bond acceptors (Lipinski definition) is 3. The highest BCUT2D eigenvalue weighted by Crippen LogP contribution is 2.27. The number of carbonyl (C=O) groups is 1. The summed E-state index contributed by atoms with van der Waals surface area (Å²) >= 11 is 0. The summed E-state index contributed by atoms with van der Waals surface area (Å²) in [5, 5.41) is 6.00. The molecule has 6 heteroatoms. The minimum absolute atomic E-state index is 0.189. The van der Waals surface area contributed by atoms with Gasteiger partial charge in [0.1, 0.15) is 0 Å². The van der Waals surface area contributed by atoms with Gasteiger partial charge >= 0.3 is 0 Å². The maximum atomic E-state index is 12.5. The molecule has 1 fully saturated rings. The zero-order valence-electron chi connectivity index (χ0n) is 14.5. The molecule has 1 aliphatic carbocycles. The lowest BCUT2D eigenvalue weighted by Gasteiger charge is -2.21. The second kappa shape index (κ2) is 7.20. The summed E-state index contributed by atoms with van der Waals surface area (Å²) in [4.78, 5) is 28.9. The summed E-state index contributed by atoms with van der Waals surface area (Å²) in [6, 6.07) is 1.69. The first kappa shape index (κ1) is 16.7. The van der Waals surface area contributed by atoms with Gasteiger partial charge in [0.2, 0.25) is 0 Å². The van der Waals surface area contributed by atoms with E-state index in [0.29, 0.717) is 23.1 Å². The minimum atomic E-state index is -0.271. The molecule has 24 heavy (non-hydrogen) atoms. The molecule has 1 amide bonds. The molecule has 2 aromatic rings. The van der Waals surface area contributed by atoms with Crippen LogP contribution in [0.25, 0.3) is 11.0 Å². The highest BCUT2D eigenvalue weighted by atomic mass is 16.2. The van der Waals surface area contributed by atoms with Crippen molar-refractivity contribution in [3.8, 4) is 0 Å². The van der Waals surface area contributed by atoms with E-state index in [4.69, 9.17) is 0 Å². The van der Waals surface area contributed by atoms with Crippen LogP contribution < -0.4 is 10.9 Å². The summed E-state index contributed by atoms with van der Waals surface area (Å²) in [6.07, 6.45) is 8.90. The van der Waals surface area contributed by atoms with Gasteiger partial charge in [0.25, 0.3) is 11.5 Å². The van der Waals surface area contributed by atoms with Gasteiger partial charge in [-0.1, -0.05) is 32.1 Å². The number of hydrogen-bond donors (Lipinski definition) is 2. The fraction of sp³-hybridized carbons (Fsp3) is 0.611. The standard InChI is InChI=1S/C18H26N4O2/c1-12-11-14(15-16(20-12)22(2)21-18(15)24)17(23)19-10-6-9-13-7-4-3-5-8-13/h11,13H,3-10H2,1-2H3,(H,19,23)(H,21,24). The SMILES string of the molecule is Cc1cc(C(=O)NCCCC2CCCCC2)c2c(=O)[nH]n(C)c2n1. The van der Waals surface area contributed by atoms with Gasteiger partial charge in [-0.05, 0) is 31.7 Å². The first-order valence-corrected chi connectivity index (χ1v) is 8.91. The first-order chi connectivity index (χ1) is 11.6. The summed E-state index contributed by atoms with van der Waals surface area (Å²) < 4.78 is 1.56. The minimum Gasteiger partial charge on any atom is -0.352 e. The van der Waals surface area contributed by atoms with E-state index in [-0.39, 0.29) is 11.5 Å². The molecule has 0 aliphatic heterocycles. The number of pyridine rings is 1. The number of nitrogens with zero attached hydrogens (tertiary/aromatic N) is 2. The van der Waals surface area contributed by atoms with Crippen LogP contribution in [0.3, 0.4) is 0 Å². The van der Waals surface area contributed by atoms with Crippen molar-refractivity contribution in [2.24, 2.45) is 13.0 Å². The highest BCUT2D eigenvalue weighted by Gasteiger charge is 2.18. The molecule has 0 unspecified atom stereocenters. The van der Waals surface area contributed by atoms with Crippen molar-refractivity contribution in [1.82, 2.24) is 20.1 Å². The Balaban J connectivity index is 1.64. The molecule has 0 bridgehead atoms. The van der Waals surface area contributed by atoms with Crippen molar-refractivity contribution in [2.45, 2.75) is 51.9 Å². The third-order valence-corrected chi connectivity index (χ3v) is 4.99. The van der Waals surface area contributed by atoms with Crippen LogP contribution in [0.1, 0.15) is 61.0 Å². The lowest BCUT2D eigenvalue weighted by atomic mass is 9.86. The third kappa shape index (κ3) is 3.52. The monoisotopic (exact) mass is 330 g/mol. The molecule has 0 atom stereocenters.